The number of likely N-dealkylation sites (tertiary alicyclic amines) is 1. The maximum atomic E-state index is 13.4. The first kappa shape index (κ1) is 18.4. The minimum atomic E-state index is -0.0277. The molecule has 29 heavy (non-hydrogen) atoms. The van der Waals surface area contributed by atoms with Crippen LogP contribution in [-0.4, -0.2) is 58.6 Å². The molecule has 0 radical (unpaired) electrons. The van der Waals surface area contributed by atoms with E-state index in [-0.39, 0.29) is 11.9 Å². The number of carbonyl (C=O) groups is 1. The van der Waals surface area contributed by atoms with Crippen molar-refractivity contribution in [2.75, 3.05) is 32.8 Å². The Morgan fingerprint density at radius 2 is 1.93 bits per heavy atom. The SMILES string of the molecule is Cc1c(C(=O)N2CCCC2c2ccc3c(c2)OCCO3)nnn1C1CCNCC1. The first-order valence-electron chi connectivity index (χ1n) is 10.6. The van der Waals surface area contributed by atoms with E-state index in [1.54, 1.807) is 0 Å². The number of benzene rings is 1. The lowest BCUT2D eigenvalue weighted by Crippen LogP contribution is -2.32. The quantitative estimate of drug-likeness (QED) is 0.856. The summed E-state index contributed by atoms with van der Waals surface area (Å²) < 4.78 is 13.3. The number of fused-ring (bicyclic) bond motifs is 1. The number of piperidine rings is 1. The maximum absolute atomic E-state index is 13.4. The van der Waals surface area contributed by atoms with Gasteiger partial charge in [0.2, 0.25) is 0 Å². The van der Waals surface area contributed by atoms with E-state index in [4.69, 9.17) is 9.47 Å². The van der Waals surface area contributed by atoms with E-state index in [1.165, 1.54) is 0 Å². The van der Waals surface area contributed by atoms with Gasteiger partial charge in [-0.2, -0.15) is 0 Å². The van der Waals surface area contributed by atoms with Gasteiger partial charge in [0.25, 0.3) is 5.91 Å². The third kappa shape index (κ3) is 3.35. The van der Waals surface area contributed by atoms with E-state index in [9.17, 15) is 4.79 Å². The summed E-state index contributed by atoms with van der Waals surface area (Å²) in [6.07, 6.45) is 3.95. The molecule has 5 rings (SSSR count). The average Bonchev–Trinajstić information content (AvgIpc) is 3.40. The predicted octanol–water partition coefficient (Wildman–Crippen LogP) is 2.26. The fourth-order valence-electron chi connectivity index (χ4n) is 4.70. The molecule has 1 N–H and O–H groups in total. The number of nitrogens with zero attached hydrogens (tertiary/aromatic N) is 4. The second-order valence-electron chi connectivity index (χ2n) is 8.01. The number of amides is 1. The molecule has 0 spiro atoms. The van der Waals surface area contributed by atoms with Gasteiger partial charge in [0.05, 0.1) is 17.8 Å². The number of aromatic nitrogens is 3. The first-order chi connectivity index (χ1) is 14.2. The normalized spacial score (nSPS) is 22.1. The van der Waals surface area contributed by atoms with Crippen molar-refractivity contribution in [3.63, 3.8) is 0 Å². The van der Waals surface area contributed by atoms with Crippen molar-refractivity contribution in [2.24, 2.45) is 0 Å². The van der Waals surface area contributed by atoms with Crippen LogP contribution >= 0.6 is 0 Å². The van der Waals surface area contributed by atoms with Crippen molar-refractivity contribution in [1.29, 1.82) is 0 Å². The van der Waals surface area contributed by atoms with Crippen LogP contribution in [0.1, 0.15) is 59.5 Å². The molecule has 1 atom stereocenters. The summed E-state index contributed by atoms with van der Waals surface area (Å²) in [6.45, 7) is 5.79. The van der Waals surface area contributed by atoms with E-state index in [2.05, 4.69) is 15.6 Å². The van der Waals surface area contributed by atoms with Gasteiger partial charge in [-0.3, -0.25) is 4.79 Å². The summed E-state index contributed by atoms with van der Waals surface area (Å²) in [5, 5.41) is 12.0. The molecule has 4 heterocycles. The van der Waals surface area contributed by atoms with Crippen molar-refractivity contribution in [3.05, 3.63) is 35.2 Å². The molecule has 1 aromatic carbocycles. The molecule has 0 saturated carbocycles. The van der Waals surface area contributed by atoms with Crippen molar-refractivity contribution < 1.29 is 14.3 Å². The third-order valence-electron chi connectivity index (χ3n) is 6.25. The second kappa shape index (κ2) is 7.67. The Balaban J connectivity index is 1.39. The number of rotatable bonds is 3. The molecule has 154 valence electrons. The molecule has 1 amide bonds. The smallest absolute Gasteiger partial charge is 0.276 e. The van der Waals surface area contributed by atoms with Crippen LogP contribution in [0.4, 0.5) is 0 Å². The lowest BCUT2D eigenvalue weighted by Gasteiger charge is -2.26. The number of hydrogen-bond acceptors (Lipinski definition) is 6. The maximum Gasteiger partial charge on any atom is 0.276 e. The Kier molecular flexibility index (Phi) is 4.87. The van der Waals surface area contributed by atoms with Crippen LogP contribution in [0, 0.1) is 6.92 Å². The Morgan fingerprint density at radius 1 is 1.14 bits per heavy atom. The Bertz CT molecular complexity index is 906. The molecule has 2 aromatic rings. The lowest BCUT2D eigenvalue weighted by molar-refractivity contribution is 0.0728. The highest BCUT2D eigenvalue weighted by molar-refractivity contribution is 5.93. The summed E-state index contributed by atoms with van der Waals surface area (Å²) in [5.74, 6) is 1.51. The Morgan fingerprint density at radius 3 is 2.76 bits per heavy atom. The number of nitrogens with one attached hydrogen (secondary N) is 1. The molecule has 2 fully saturated rings. The summed E-state index contributed by atoms with van der Waals surface area (Å²) in [7, 11) is 0. The summed E-state index contributed by atoms with van der Waals surface area (Å²) in [6, 6.07) is 6.36. The molecular weight excluding hydrogens is 370 g/mol. The molecule has 0 aliphatic carbocycles. The lowest BCUT2D eigenvalue weighted by atomic mass is 10.0. The number of hydrogen-bond donors (Lipinski definition) is 1. The Labute approximate surface area is 170 Å². The number of carbonyl (C=O) groups excluding carboxylic acids is 1. The fourth-order valence-corrected chi connectivity index (χ4v) is 4.70. The molecule has 3 aliphatic rings. The van der Waals surface area contributed by atoms with Gasteiger partial charge >= 0.3 is 0 Å². The first-order valence-corrected chi connectivity index (χ1v) is 10.6. The van der Waals surface area contributed by atoms with Gasteiger partial charge in [0.1, 0.15) is 13.2 Å². The largest absolute Gasteiger partial charge is 0.486 e. The van der Waals surface area contributed by atoms with Crippen LogP contribution in [0.15, 0.2) is 18.2 Å². The number of ether oxygens (including phenoxy) is 2. The molecule has 1 aromatic heterocycles. The van der Waals surface area contributed by atoms with Gasteiger partial charge in [-0.25, -0.2) is 4.68 Å². The van der Waals surface area contributed by atoms with Gasteiger partial charge in [-0.15, -0.1) is 5.10 Å². The van der Waals surface area contributed by atoms with E-state index in [1.807, 2.05) is 34.7 Å². The summed E-state index contributed by atoms with van der Waals surface area (Å²) in [5.41, 5.74) is 2.44. The minimum Gasteiger partial charge on any atom is -0.486 e. The van der Waals surface area contributed by atoms with Crippen molar-refractivity contribution in [2.45, 2.75) is 44.7 Å². The van der Waals surface area contributed by atoms with Gasteiger partial charge in [-0.1, -0.05) is 11.3 Å². The van der Waals surface area contributed by atoms with Gasteiger partial charge < -0.3 is 19.7 Å². The average molecular weight is 397 g/mol. The topological polar surface area (TPSA) is 81.5 Å². The highest BCUT2D eigenvalue weighted by Gasteiger charge is 2.34. The molecule has 2 saturated heterocycles. The van der Waals surface area contributed by atoms with Crippen LogP contribution < -0.4 is 14.8 Å². The highest BCUT2D eigenvalue weighted by atomic mass is 16.6. The predicted molar refractivity (Wildman–Crippen MR) is 106 cm³/mol. The van der Waals surface area contributed by atoms with Crippen LogP contribution in [-0.2, 0) is 0 Å². The zero-order chi connectivity index (χ0) is 19.8. The monoisotopic (exact) mass is 397 g/mol. The molecule has 1 unspecified atom stereocenters. The zero-order valence-electron chi connectivity index (χ0n) is 16.8. The van der Waals surface area contributed by atoms with E-state index < -0.39 is 0 Å². The van der Waals surface area contributed by atoms with Gasteiger partial charge in [0.15, 0.2) is 17.2 Å². The van der Waals surface area contributed by atoms with E-state index in [0.29, 0.717) is 24.9 Å². The van der Waals surface area contributed by atoms with Crippen molar-refractivity contribution in [3.8, 4) is 11.5 Å². The van der Waals surface area contributed by atoms with Crippen LogP contribution in [0.2, 0.25) is 0 Å². The summed E-state index contributed by atoms with van der Waals surface area (Å²) >= 11 is 0. The molecule has 3 aliphatic heterocycles. The van der Waals surface area contributed by atoms with E-state index >= 15 is 0 Å². The standard InChI is InChI=1S/C21H27N5O3/c1-14-20(23-24-26(14)16-6-8-22-9-7-16)21(27)25-10-2-3-17(25)15-4-5-18-19(13-15)29-12-11-28-18/h4-5,13,16-17,22H,2-3,6-12H2,1H3. The molecule has 8 heteroatoms. The van der Waals surface area contributed by atoms with Gasteiger partial charge in [0, 0.05) is 6.54 Å². The zero-order valence-corrected chi connectivity index (χ0v) is 16.8. The molecule has 8 nitrogen and oxygen atoms in total. The van der Waals surface area contributed by atoms with Crippen LogP contribution in [0.3, 0.4) is 0 Å². The Hall–Kier alpha value is -2.61. The fraction of sp³-hybridized carbons (Fsp3) is 0.571. The highest BCUT2D eigenvalue weighted by Crippen LogP contribution is 2.38. The van der Waals surface area contributed by atoms with Crippen LogP contribution in [0.25, 0.3) is 0 Å². The summed E-state index contributed by atoms with van der Waals surface area (Å²) in [4.78, 5) is 15.3. The van der Waals surface area contributed by atoms with Crippen molar-refractivity contribution in [1.82, 2.24) is 25.2 Å². The third-order valence-corrected chi connectivity index (χ3v) is 6.25. The van der Waals surface area contributed by atoms with Crippen molar-refractivity contribution >= 4 is 5.91 Å². The van der Waals surface area contributed by atoms with Crippen LogP contribution in [0.5, 0.6) is 11.5 Å². The minimum absolute atomic E-state index is 0.0277. The second-order valence-corrected chi connectivity index (χ2v) is 8.01. The van der Waals surface area contributed by atoms with E-state index in [0.717, 1.165) is 68.1 Å². The van der Waals surface area contributed by atoms with Gasteiger partial charge in [-0.05, 0) is 63.4 Å². The molecule has 0 bridgehead atoms. The molecular formula is C21H27N5O3.